The standard InChI is InChI=1S/C17H25NO3/c1-3-20-17-12-15(13-19)7-8-16(17)21-11-10-18-9-5-4-6-14(18)2/h7-8,12-14H,3-6,9-11H2,1-2H3. The first-order chi connectivity index (χ1) is 10.2. The van der Waals surface area contributed by atoms with Crippen LogP contribution in [-0.4, -0.2) is 43.5 Å². The molecule has 1 aromatic rings. The maximum atomic E-state index is 10.8. The molecule has 1 aromatic carbocycles. The summed E-state index contributed by atoms with van der Waals surface area (Å²) in [6, 6.07) is 5.95. The molecule has 1 unspecified atom stereocenters. The number of nitrogens with zero attached hydrogens (tertiary/aromatic N) is 1. The molecule has 1 fully saturated rings. The molecule has 1 saturated heterocycles. The van der Waals surface area contributed by atoms with E-state index >= 15 is 0 Å². The van der Waals surface area contributed by atoms with Crippen molar-refractivity contribution in [1.82, 2.24) is 4.90 Å². The zero-order valence-electron chi connectivity index (χ0n) is 13.0. The Balaban J connectivity index is 1.91. The quantitative estimate of drug-likeness (QED) is 0.723. The molecule has 1 aliphatic heterocycles. The van der Waals surface area contributed by atoms with Gasteiger partial charge in [-0.1, -0.05) is 6.42 Å². The minimum Gasteiger partial charge on any atom is -0.490 e. The fourth-order valence-corrected chi connectivity index (χ4v) is 2.75. The number of benzene rings is 1. The third-order valence-electron chi connectivity index (χ3n) is 3.98. The lowest BCUT2D eigenvalue weighted by Gasteiger charge is -2.33. The highest BCUT2D eigenvalue weighted by Gasteiger charge is 2.17. The molecule has 1 heterocycles. The predicted octanol–water partition coefficient (Wildman–Crippen LogP) is 3.15. The van der Waals surface area contributed by atoms with Crippen molar-refractivity contribution in [1.29, 1.82) is 0 Å². The molecule has 0 aromatic heterocycles. The fraction of sp³-hybridized carbons (Fsp3) is 0.588. The number of ether oxygens (including phenoxy) is 2. The summed E-state index contributed by atoms with van der Waals surface area (Å²) < 4.78 is 11.4. The Labute approximate surface area is 127 Å². The van der Waals surface area contributed by atoms with Crippen molar-refractivity contribution in [2.75, 3.05) is 26.3 Å². The lowest BCUT2D eigenvalue weighted by Crippen LogP contribution is -2.39. The van der Waals surface area contributed by atoms with Crippen LogP contribution >= 0.6 is 0 Å². The van der Waals surface area contributed by atoms with Crippen LogP contribution in [0.25, 0.3) is 0 Å². The molecule has 21 heavy (non-hydrogen) atoms. The number of hydrogen-bond donors (Lipinski definition) is 0. The van der Waals surface area contributed by atoms with E-state index in [-0.39, 0.29) is 0 Å². The Morgan fingerprint density at radius 3 is 2.86 bits per heavy atom. The van der Waals surface area contributed by atoms with Gasteiger partial charge in [-0.15, -0.1) is 0 Å². The van der Waals surface area contributed by atoms with Gasteiger partial charge in [-0.3, -0.25) is 9.69 Å². The van der Waals surface area contributed by atoms with Crippen LogP contribution in [-0.2, 0) is 0 Å². The average molecular weight is 291 g/mol. The van der Waals surface area contributed by atoms with Crippen molar-refractivity contribution in [2.45, 2.75) is 39.2 Å². The zero-order chi connectivity index (χ0) is 15.1. The molecule has 116 valence electrons. The summed E-state index contributed by atoms with van der Waals surface area (Å²) in [5, 5.41) is 0. The van der Waals surface area contributed by atoms with Gasteiger partial charge in [0.1, 0.15) is 12.9 Å². The largest absolute Gasteiger partial charge is 0.490 e. The van der Waals surface area contributed by atoms with E-state index in [1.165, 1.54) is 19.3 Å². The first kappa shape index (κ1) is 15.8. The van der Waals surface area contributed by atoms with Gasteiger partial charge in [-0.25, -0.2) is 0 Å². The lowest BCUT2D eigenvalue weighted by molar-refractivity contribution is 0.112. The Kier molecular flexibility index (Phi) is 6.05. The van der Waals surface area contributed by atoms with Gasteiger partial charge >= 0.3 is 0 Å². The van der Waals surface area contributed by atoms with E-state index in [1.54, 1.807) is 12.1 Å². The van der Waals surface area contributed by atoms with Crippen LogP contribution in [0.1, 0.15) is 43.5 Å². The second-order valence-electron chi connectivity index (χ2n) is 5.49. The Morgan fingerprint density at radius 1 is 1.29 bits per heavy atom. The van der Waals surface area contributed by atoms with Crippen LogP contribution in [0.2, 0.25) is 0 Å². The van der Waals surface area contributed by atoms with Gasteiger partial charge in [0, 0.05) is 18.2 Å². The van der Waals surface area contributed by atoms with Gasteiger partial charge in [0.05, 0.1) is 6.61 Å². The molecular formula is C17H25NO3. The van der Waals surface area contributed by atoms with E-state index in [0.29, 0.717) is 36.3 Å². The molecule has 4 nitrogen and oxygen atoms in total. The Bertz CT molecular complexity index is 461. The van der Waals surface area contributed by atoms with E-state index in [0.717, 1.165) is 19.4 Å². The number of carbonyl (C=O) groups excluding carboxylic acids is 1. The summed E-state index contributed by atoms with van der Waals surface area (Å²) >= 11 is 0. The molecule has 0 saturated carbocycles. The van der Waals surface area contributed by atoms with Gasteiger partial charge in [-0.05, 0) is 51.4 Å². The van der Waals surface area contributed by atoms with Crippen molar-refractivity contribution in [3.8, 4) is 11.5 Å². The molecular weight excluding hydrogens is 266 g/mol. The number of likely N-dealkylation sites (tertiary alicyclic amines) is 1. The third kappa shape index (κ3) is 4.46. The van der Waals surface area contributed by atoms with Crippen LogP contribution in [0.15, 0.2) is 18.2 Å². The molecule has 0 radical (unpaired) electrons. The minimum atomic E-state index is 0.557. The average Bonchev–Trinajstić information content (AvgIpc) is 2.51. The van der Waals surface area contributed by atoms with Crippen LogP contribution in [0.5, 0.6) is 11.5 Å². The number of aldehydes is 1. The second kappa shape index (κ2) is 8.03. The molecule has 1 atom stereocenters. The highest BCUT2D eigenvalue weighted by atomic mass is 16.5. The first-order valence-corrected chi connectivity index (χ1v) is 7.83. The second-order valence-corrected chi connectivity index (χ2v) is 5.49. The van der Waals surface area contributed by atoms with Gasteiger partial charge < -0.3 is 9.47 Å². The van der Waals surface area contributed by atoms with Crippen LogP contribution < -0.4 is 9.47 Å². The molecule has 1 aliphatic rings. The van der Waals surface area contributed by atoms with E-state index in [4.69, 9.17) is 9.47 Å². The fourth-order valence-electron chi connectivity index (χ4n) is 2.75. The summed E-state index contributed by atoms with van der Waals surface area (Å²) in [6.45, 7) is 7.50. The number of rotatable bonds is 7. The van der Waals surface area contributed by atoms with E-state index < -0.39 is 0 Å². The molecule has 0 amide bonds. The van der Waals surface area contributed by atoms with Gasteiger partial charge in [0.15, 0.2) is 11.5 Å². The normalized spacial score (nSPS) is 19.2. The van der Waals surface area contributed by atoms with Crippen LogP contribution in [0, 0.1) is 0 Å². The smallest absolute Gasteiger partial charge is 0.161 e. The Morgan fingerprint density at radius 2 is 2.14 bits per heavy atom. The monoisotopic (exact) mass is 291 g/mol. The molecule has 0 aliphatic carbocycles. The SMILES string of the molecule is CCOc1cc(C=O)ccc1OCCN1CCCCC1C. The van der Waals surface area contributed by atoms with Crippen LogP contribution in [0.4, 0.5) is 0 Å². The molecule has 0 bridgehead atoms. The van der Waals surface area contributed by atoms with E-state index in [2.05, 4.69) is 11.8 Å². The zero-order valence-corrected chi connectivity index (χ0v) is 13.0. The maximum Gasteiger partial charge on any atom is 0.161 e. The van der Waals surface area contributed by atoms with Gasteiger partial charge in [0.25, 0.3) is 0 Å². The Hall–Kier alpha value is -1.55. The van der Waals surface area contributed by atoms with Crippen LogP contribution in [0.3, 0.4) is 0 Å². The number of carbonyl (C=O) groups is 1. The van der Waals surface area contributed by atoms with Crippen molar-refractivity contribution >= 4 is 6.29 Å². The summed E-state index contributed by atoms with van der Waals surface area (Å²) in [7, 11) is 0. The molecule has 0 N–H and O–H groups in total. The summed E-state index contributed by atoms with van der Waals surface area (Å²) in [4.78, 5) is 13.3. The number of piperidine rings is 1. The minimum absolute atomic E-state index is 0.557. The van der Waals surface area contributed by atoms with E-state index in [1.807, 2.05) is 13.0 Å². The highest BCUT2D eigenvalue weighted by molar-refractivity contribution is 5.76. The molecule has 4 heteroatoms. The topological polar surface area (TPSA) is 38.8 Å². The van der Waals surface area contributed by atoms with Crippen molar-refractivity contribution in [3.63, 3.8) is 0 Å². The van der Waals surface area contributed by atoms with Crippen molar-refractivity contribution < 1.29 is 14.3 Å². The third-order valence-corrected chi connectivity index (χ3v) is 3.98. The maximum absolute atomic E-state index is 10.8. The summed E-state index contributed by atoms with van der Waals surface area (Å²) in [5.41, 5.74) is 0.607. The highest BCUT2D eigenvalue weighted by Crippen LogP contribution is 2.28. The van der Waals surface area contributed by atoms with Crippen molar-refractivity contribution in [2.24, 2.45) is 0 Å². The number of hydrogen-bond acceptors (Lipinski definition) is 4. The van der Waals surface area contributed by atoms with Crippen molar-refractivity contribution in [3.05, 3.63) is 23.8 Å². The molecule has 0 spiro atoms. The van der Waals surface area contributed by atoms with Gasteiger partial charge in [0.2, 0.25) is 0 Å². The summed E-state index contributed by atoms with van der Waals surface area (Å²) in [5.74, 6) is 1.36. The van der Waals surface area contributed by atoms with Gasteiger partial charge in [-0.2, -0.15) is 0 Å². The predicted molar refractivity (Wildman–Crippen MR) is 83.4 cm³/mol. The lowest BCUT2D eigenvalue weighted by atomic mass is 10.0. The molecule has 2 rings (SSSR count). The first-order valence-electron chi connectivity index (χ1n) is 7.83. The summed E-state index contributed by atoms with van der Waals surface area (Å²) in [6.07, 6.45) is 4.71. The van der Waals surface area contributed by atoms with E-state index in [9.17, 15) is 4.79 Å².